The molecule has 0 saturated carbocycles. The Morgan fingerprint density at radius 1 is 1.50 bits per heavy atom. The Hall–Kier alpha value is -1.86. The van der Waals surface area contributed by atoms with Crippen LogP contribution in [0, 0.1) is 18.3 Å². The van der Waals surface area contributed by atoms with Crippen LogP contribution in [0.25, 0.3) is 0 Å². The lowest BCUT2D eigenvalue weighted by molar-refractivity contribution is 0.764. The van der Waals surface area contributed by atoms with Gasteiger partial charge in [0.25, 0.3) is 5.56 Å². The summed E-state index contributed by atoms with van der Waals surface area (Å²) in [4.78, 5) is 13.0. The molecule has 2 aromatic heterocycles. The van der Waals surface area contributed by atoms with E-state index in [-0.39, 0.29) is 11.1 Å². The first-order valence-corrected chi connectivity index (χ1v) is 5.73. The monoisotopic (exact) mass is 230 g/mol. The van der Waals surface area contributed by atoms with Crippen molar-refractivity contribution in [1.29, 1.82) is 5.26 Å². The van der Waals surface area contributed by atoms with Gasteiger partial charge in [-0.15, -0.1) is 11.3 Å². The topological polar surface area (TPSA) is 45.8 Å². The van der Waals surface area contributed by atoms with Gasteiger partial charge in [-0.05, 0) is 30.0 Å². The molecule has 0 fully saturated rings. The highest BCUT2D eigenvalue weighted by molar-refractivity contribution is 7.09. The van der Waals surface area contributed by atoms with Crippen LogP contribution in [0.3, 0.4) is 0 Å². The van der Waals surface area contributed by atoms with E-state index < -0.39 is 0 Å². The number of rotatable bonds is 2. The Balaban J connectivity index is 2.44. The number of hydrogen-bond acceptors (Lipinski definition) is 3. The van der Waals surface area contributed by atoms with Gasteiger partial charge in [-0.25, -0.2) is 0 Å². The van der Waals surface area contributed by atoms with Gasteiger partial charge < -0.3 is 4.57 Å². The van der Waals surface area contributed by atoms with E-state index in [2.05, 4.69) is 0 Å². The molecular weight excluding hydrogens is 220 g/mol. The molecule has 0 N–H and O–H groups in total. The fourth-order valence-corrected chi connectivity index (χ4v) is 2.20. The van der Waals surface area contributed by atoms with Crippen LogP contribution in [-0.2, 0) is 6.54 Å². The molecular formula is C12H10N2OS. The van der Waals surface area contributed by atoms with E-state index in [1.807, 2.05) is 23.6 Å². The fraction of sp³-hybridized carbons (Fsp3) is 0.167. The van der Waals surface area contributed by atoms with Gasteiger partial charge in [0.05, 0.1) is 6.54 Å². The molecule has 0 aliphatic carbocycles. The highest BCUT2D eigenvalue weighted by Gasteiger charge is 2.06. The van der Waals surface area contributed by atoms with Crippen molar-refractivity contribution in [1.82, 2.24) is 4.57 Å². The van der Waals surface area contributed by atoms with Gasteiger partial charge in [-0.3, -0.25) is 4.79 Å². The van der Waals surface area contributed by atoms with E-state index in [4.69, 9.17) is 5.26 Å². The van der Waals surface area contributed by atoms with Gasteiger partial charge >= 0.3 is 0 Å². The minimum Gasteiger partial charge on any atom is -0.309 e. The third-order valence-corrected chi connectivity index (χ3v) is 3.25. The van der Waals surface area contributed by atoms with Gasteiger partial charge in [-0.1, -0.05) is 6.07 Å². The van der Waals surface area contributed by atoms with Gasteiger partial charge in [0, 0.05) is 11.1 Å². The molecule has 0 amide bonds. The number of aromatic nitrogens is 1. The van der Waals surface area contributed by atoms with E-state index >= 15 is 0 Å². The average molecular weight is 230 g/mol. The van der Waals surface area contributed by atoms with Crippen molar-refractivity contribution in [2.75, 3.05) is 0 Å². The molecule has 16 heavy (non-hydrogen) atoms. The zero-order valence-electron chi connectivity index (χ0n) is 8.80. The fourth-order valence-electron chi connectivity index (χ4n) is 1.50. The first kappa shape index (κ1) is 10.7. The number of nitrogens with zero attached hydrogens (tertiary/aromatic N) is 2. The molecule has 0 bridgehead atoms. The predicted octanol–water partition coefficient (Wildman–Crippen LogP) is 2.14. The summed E-state index contributed by atoms with van der Waals surface area (Å²) < 4.78 is 1.57. The summed E-state index contributed by atoms with van der Waals surface area (Å²) in [6.45, 7) is 2.31. The Labute approximate surface area is 97.2 Å². The summed E-state index contributed by atoms with van der Waals surface area (Å²) in [6.07, 6.45) is 1.73. The number of aryl methyl sites for hydroxylation is 1. The van der Waals surface area contributed by atoms with E-state index in [1.165, 1.54) is 0 Å². The maximum Gasteiger partial charge on any atom is 0.269 e. The van der Waals surface area contributed by atoms with Crippen molar-refractivity contribution in [2.45, 2.75) is 13.5 Å². The van der Waals surface area contributed by atoms with E-state index in [9.17, 15) is 4.79 Å². The van der Waals surface area contributed by atoms with Crippen molar-refractivity contribution in [3.63, 3.8) is 0 Å². The van der Waals surface area contributed by atoms with Crippen LogP contribution in [0.4, 0.5) is 0 Å². The Bertz CT molecular complexity index is 590. The Kier molecular flexibility index (Phi) is 2.88. The quantitative estimate of drug-likeness (QED) is 0.793. The Morgan fingerprint density at radius 2 is 2.31 bits per heavy atom. The number of thiophene rings is 1. The van der Waals surface area contributed by atoms with Crippen molar-refractivity contribution in [3.8, 4) is 6.07 Å². The van der Waals surface area contributed by atoms with Crippen molar-refractivity contribution in [3.05, 3.63) is 56.1 Å². The summed E-state index contributed by atoms with van der Waals surface area (Å²) in [5.41, 5.74) is 0.755. The molecule has 2 rings (SSSR count). The van der Waals surface area contributed by atoms with Gasteiger partial charge in [-0.2, -0.15) is 5.26 Å². The molecule has 0 saturated heterocycles. The second-order valence-electron chi connectivity index (χ2n) is 3.50. The standard InChI is InChI=1S/C12H10N2OS/c1-9-4-5-14(12(15)11(9)7-13)8-10-3-2-6-16-10/h2-6H,8H2,1H3. The normalized spacial score (nSPS) is 10.0. The minimum atomic E-state index is -0.212. The average Bonchev–Trinajstić information content (AvgIpc) is 2.76. The zero-order valence-corrected chi connectivity index (χ0v) is 9.62. The lowest BCUT2D eigenvalue weighted by Gasteiger charge is -2.05. The molecule has 0 aliphatic heterocycles. The van der Waals surface area contributed by atoms with Crippen molar-refractivity contribution < 1.29 is 0 Å². The van der Waals surface area contributed by atoms with Crippen LogP contribution in [0.2, 0.25) is 0 Å². The highest BCUT2D eigenvalue weighted by Crippen LogP contribution is 2.10. The zero-order chi connectivity index (χ0) is 11.5. The smallest absolute Gasteiger partial charge is 0.269 e. The van der Waals surface area contributed by atoms with E-state index in [1.54, 1.807) is 35.1 Å². The molecule has 2 heterocycles. The largest absolute Gasteiger partial charge is 0.309 e. The van der Waals surface area contributed by atoms with Gasteiger partial charge in [0.15, 0.2) is 0 Å². The SMILES string of the molecule is Cc1ccn(Cc2cccs2)c(=O)c1C#N. The molecule has 0 spiro atoms. The summed E-state index contributed by atoms with van der Waals surface area (Å²) in [5, 5.41) is 10.9. The first-order chi connectivity index (χ1) is 7.72. The molecule has 0 atom stereocenters. The van der Waals surface area contributed by atoms with Gasteiger partial charge in [0.1, 0.15) is 11.6 Å². The maximum absolute atomic E-state index is 11.9. The summed E-state index contributed by atoms with van der Waals surface area (Å²) >= 11 is 1.60. The van der Waals surface area contributed by atoms with Gasteiger partial charge in [0.2, 0.25) is 0 Å². The number of hydrogen-bond donors (Lipinski definition) is 0. The third kappa shape index (κ3) is 1.90. The van der Waals surface area contributed by atoms with E-state index in [0.717, 1.165) is 10.4 Å². The van der Waals surface area contributed by atoms with Crippen LogP contribution in [0.1, 0.15) is 16.0 Å². The van der Waals surface area contributed by atoms with Crippen LogP contribution in [0.5, 0.6) is 0 Å². The number of pyridine rings is 1. The van der Waals surface area contributed by atoms with Crippen LogP contribution in [0.15, 0.2) is 34.6 Å². The molecule has 0 unspecified atom stereocenters. The Morgan fingerprint density at radius 3 is 2.94 bits per heavy atom. The summed E-state index contributed by atoms with van der Waals surface area (Å²) in [6, 6.07) is 7.68. The van der Waals surface area contributed by atoms with Crippen LogP contribution >= 0.6 is 11.3 Å². The first-order valence-electron chi connectivity index (χ1n) is 4.85. The second-order valence-corrected chi connectivity index (χ2v) is 4.53. The van der Waals surface area contributed by atoms with Crippen molar-refractivity contribution >= 4 is 11.3 Å². The summed E-state index contributed by atoms with van der Waals surface area (Å²) in [5.74, 6) is 0. The molecule has 3 nitrogen and oxygen atoms in total. The van der Waals surface area contributed by atoms with Crippen LogP contribution in [-0.4, -0.2) is 4.57 Å². The summed E-state index contributed by atoms with van der Waals surface area (Å²) in [7, 11) is 0. The van der Waals surface area contributed by atoms with Crippen molar-refractivity contribution in [2.24, 2.45) is 0 Å². The highest BCUT2D eigenvalue weighted by atomic mass is 32.1. The minimum absolute atomic E-state index is 0.212. The molecule has 0 radical (unpaired) electrons. The van der Waals surface area contributed by atoms with E-state index in [0.29, 0.717) is 6.54 Å². The lowest BCUT2D eigenvalue weighted by atomic mass is 10.2. The van der Waals surface area contributed by atoms with Crippen LogP contribution < -0.4 is 5.56 Å². The lowest BCUT2D eigenvalue weighted by Crippen LogP contribution is -2.23. The molecule has 4 heteroatoms. The second kappa shape index (κ2) is 4.33. The maximum atomic E-state index is 11.9. The third-order valence-electron chi connectivity index (χ3n) is 2.39. The predicted molar refractivity (Wildman–Crippen MR) is 63.6 cm³/mol. The number of nitriles is 1. The molecule has 0 aliphatic rings. The molecule has 80 valence electrons. The molecule has 0 aromatic carbocycles. The molecule has 2 aromatic rings.